The number of ether oxygens (including phenoxy) is 1. The molecule has 1 atom stereocenters. The maximum Gasteiger partial charge on any atom is 0.248 e. The van der Waals surface area contributed by atoms with Gasteiger partial charge < -0.3 is 10.5 Å². The fourth-order valence-electron chi connectivity index (χ4n) is 3.24. The fraction of sp³-hybridized carbons (Fsp3) is 0.316. The van der Waals surface area contributed by atoms with Crippen molar-refractivity contribution in [1.29, 1.82) is 0 Å². The lowest BCUT2D eigenvalue weighted by Crippen LogP contribution is -2.30. The van der Waals surface area contributed by atoms with E-state index in [0.29, 0.717) is 13.2 Å². The Morgan fingerprint density at radius 1 is 1.15 bits per heavy atom. The highest BCUT2D eigenvalue weighted by atomic mass is 32.2. The molecule has 0 spiro atoms. The van der Waals surface area contributed by atoms with E-state index in [1.807, 2.05) is 31.2 Å². The number of primary amides is 1. The van der Waals surface area contributed by atoms with Gasteiger partial charge in [-0.3, -0.25) is 4.79 Å². The van der Waals surface area contributed by atoms with Crippen molar-refractivity contribution < 1.29 is 17.9 Å². The van der Waals surface area contributed by atoms with Crippen molar-refractivity contribution in [2.45, 2.75) is 30.7 Å². The number of benzene rings is 2. The number of nitrogens with two attached hydrogens (primary N) is 1. The predicted molar refractivity (Wildman–Crippen MR) is 98.4 cm³/mol. The van der Waals surface area contributed by atoms with E-state index in [1.54, 1.807) is 0 Å². The second-order valence-corrected chi connectivity index (χ2v) is 8.06. The van der Waals surface area contributed by atoms with Crippen LogP contribution in [0.1, 0.15) is 41.7 Å². The summed E-state index contributed by atoms with van der Waals surface area (Å²) in [5.74, 6) is 0.188. The Labute approximate surface area is 153 Å². The molecular formula is C19H22N2O4S. The van der Waals surface area contributed by atoms with Gasteiger partial charge >= 0.3 is 0 Å². The molecule has 0 unspecified atom stereocenters. The summed E-state index contributed by atoms with van der Waals surface area (Å²) in [4.78, 5) is 11.3. The Morgan fingerprint density at radius 3 is 2.38 bits per heavy atom. The molecule has 0 bridgehead atoms. The van der Waals surface area contributed by atoms with E-state index in [-0.39, 0.29) is 16.5 Å². The van der Waals surface area contributed by atoms with Crippen molar-refractivity contribution in [1.82, 2.24) is 4.31 Å². The van der Waals surface area contributed by atoms with Gasteiger partial charge in [0.05, 0.1) is 17.5 Å². The number of carbonyl (C=O) groups is 1. The van der Waals surface area contributed by atoms with Crippen LogP contribution in [0.3, 0.4) is 0 Å². The summed E-state index contributed by atoms with van der Waals surface area (Å²) in [6.45, 7) is 2.98. The molecule has 2 aromatic rings. The average Bonchev–Trinajstić information content (AvgIpc) is 3.13. The normalized spacial score (nSPS) is 18.0. The minimum absolute atomic E-state index is 0.167. The third-order valence-corrected chi connectivity index (χ3v) is 6.45. The first-order valence-electron chi connectivity index (χ1n) is 8.58. The molecule has 7 heteroatoms. The van der Waals surface area contributed by atoms with Gasteiger partial charge in [0.25, 0.3) is 0 Å². The van der Waals surface area contributed by atoms with E-state index in [4.69, 9.17) is 10.5 Å². The molecule has 1 amide bonds. The zero-order valence-corrected chi connectivity index (χ0v) is 15.4. The van der Waals surface area contributed by atoms with Crippen LogP contribution in [0, 0.1) is 0 Å². The molecule has 138 valence electrons. The summed E-state index contributed by atoms with van der Waals surface area (Å²) in [6.07, 6.45) is 1.57. The Kier molecular flexibility index (Phi) is 5.29. The van der Waals surface area contributed by atoms with Crippen molar-refractivity contribution in [3.8, 4) is 5.75 Å². The zero-order valence-electron chi connectivity index (χ0n) is 14.6. The molecule has 0 saturated carbocycles. The monoisotopic (exact) mass is 374 g/mol. The van der Waals surface area contributed by atoms with Crippen LogP contribution in [0.2, 0.25) is 0 Å². The van der Waals surface area contributed by atoms with E-state index in [1.165, 1.54) is 28.6 Å². The number of amides is 1. The highest BCUT2D eigenvalue weighted by molar-refractivity contribution is 7.89. The first-order valence-corrected chi connectivity index (χ1v) is 10.0. The van der Waals surface area contributed by atoms with Crippen LogP contribution in [-0.2, 0) is 10.0 Å². The molecular weight excluding hydrogens is 352 g/mol. The highest BCUT2D eigenvalue weighted by Gasteiger charge is 2.36. The topological polar surface area (TPSA) is 89.7 Å². The molecule has 26 heavy (non-hydrogen) atoms. The Hall–Kier alpha value is -2.38. The van der Waals surface area contributed by atoms with Crippen LogP contribution in [0.4, 0.5) is 0 Å². The summed E-state index contributed by atoms with van der Waals surface area (Å²) < 4.78 is 33.1. The van der Waals surface area contributed by atoms with Crippen molar-refractivity contribution in [3.05, 3.63) is 59.7 Å². The van der Waals surface area contributed by atoms with Crippen LogP contribution >= 0.6 is 0 Å². The summed E-state index contributed by atoms with van der Waals surface area (Å²) in [5, 5.41) is 0. The molecule has 2 N–H and O–H groups in total. The summed E-state index contributed by atoms with van der Waals surface area (Å²) in [7, 11) is -3.65. The van der Waals surface area contributed by atoms with E-state index in [2.05, 4.69) is 0 Å². The lowest BCUT2D eigenvalue weighted by Gasteiger charge is -2.24. The first kappa shape index (κ1) is 18.4. The van der Waals surface area contributed by atoms with Crippen molar-refractivity contribution in [2.24, 2.45) is 5.73 Å². The van der Waals surface area contributed by atoms with E-state index in [9.17, 15) is 13.2 Å². The average molecular weight is 374 g/mol. The van der Waals surface area contributed by atoms with E-state index < -0.39 is 15.9 Å². The third-order valence-electron chi connectivity index (χ3n) is 4.52. The minimum atomic E-state index is -3.65. The van der Waals surface area contributed by atoms with E-state index >= 15 is 0 Å². The smallest absolute Gasteiger partial charge is 0.248 e. The van der Waals surface area contributed by atoms with Gasteiger partial charge in [-0.2, -0.15) is 4.31 Å². The summed E-state index contributed by atoms with van der Waals surface area (Å²) in [6, 6.07) is 13.1. The molecule has 0 radical (unpaired) electrons. The number of hydrogen-bond acceptors (Lipinski definition) is 4. The lowest BCUT2D eigenvalue weighted by molar-refractivity contribution is 0.1000. The molecule has 6 nitrogen and oxygen atoms in total. The predicted octanol–water partition coefficient (Wildman–Crippen LogP) is 2.71. The van der Waals surface area contributed by atoms with Gasteiger partial charge in [-0.1, -0.05) is 12.1 Å². The molecule has 1 heterocycles. The van der Waals surface area contributed by atoms with Crippen LogP contribution in [-0.4, -0.2) is 31.8 Å². The Morgan fingerprint density at radius 2 is 1.81 bits per heavy atom. The van der Waals surface area contributed by atoms with Gasteiger partial charge in [0.2, 0.25) is 15.9 Å². The zero-order chi connectivity index (χ0) is 18.7. The number of rotatable bonds is 6. The molecule has 1 aliphatic rings. The molecule has 2 aromatic carbocycles. The Balaban J connectivity index is 1.87. The van der Waals surface area contributed by atoms with Crippen molar-refractivity contribution in [3.63, 3.8) is 0 Å². The Bertz CT molecular complexity index is 877. The number of carbonyl (C=O) groups excluding carboxylic acids is 1. The molecule has 0 aromatic heterocycles. The number of sulfonamides is 1. The van der Waals surface area contributed by atoms with E-state index in [0.717, 1.165) is 24.2 Å². The quantitative estimate of drug-likeness (QED) is 0.842. The second-order valence-electron chi connectivity index (χ2n) is 6.16. The number of hydrogen-bond donors (Lipinski definition) is 1. The minimum Gasteiger partial charge on any atom is -0.494 e. The van der Waals surface area contributed by atoms with Gasteiger partial charge in [0.15, 0.2) is 0 Å². The molecule has 3 rings (SSSR count). The first-order chi connectivity index (χ1) is 12.4. The van der Waals surface area contributed by atoms with Crippen LogP contribution in [0.15, 0.2) is 53.4 Å². The lowest BCUT2D eigenvalue weighted by atomic mass is 10.1. The highest BCUT2D eigenvalue weighted by Crippen LogP contribution is 2.37. The standard InChI is InChI=1S/C19H22N2O4S/c1-2-25-16-9-5-14(6-10-16)18-4-3-13-21(18)26(23,24)17-11-7-15(8-12-17)19(20)22/h5-12,18H,2-4,13H2,1H3,(H2,20,22)/t18-/m1/s1. The largest absolute Gasteiger partial charge is 0.494 e. The second kappa shape index (κ2) is 7.47. The SMILES string of the molecule is CCOc1ccc([C@H]2CCCN2S(=O)(=O)c2ccc(C(N)=O)cc2)cc1. The maximum atomic E-state index is 13.1. The van der Waals surface area contributed by atoms with Gasteiger partial charge in [0.1, 0.15) is 5.75 Å². The third kappa shape index (κ3) is 3.59. The summed E-state index contributed by atoms with van der Waals surface area (Å²) >= 11 is 0. The summed E-state index contributed by atoms with van der Waals surface area (Å²) in [5.41, 5.74) is 6.45. The van der Waals surface area contributed by atoms with Crippen LogP contribution in [0.25, 0.3) is 0 Å². The van der Waals surface area contributed by atoms with Crippen LogP contribution < -0.4 is 10.5 Å². The molecule has 1 saturated heterocycles. The van der Waals surface area contributed by atoms with Gasteiger partial charge in [-0.05, 0) is 61.7 Å². The number of nitrogens with zero attached hydrogens (tertiary/aromatic N) is 1. The molecule has 1 aliphatic heterocycles. The van der Waals surface area contributed by atoms with Crippen molar-refractivity contribution in [2.75, 3.05) is 13.2 Å². The van der Waals surface area contributed by atoms with Gasteiger partial charge in [-0.15, -0.1) is 0 Å². The fourth-order valence-corrected chi connectivity index (χ4v) is 4.92. The van der Waals surface area contributed by atoms with Gasteiger partial charge in [-0.25, -0.2) is 8.42 Å². The van der Waals surface area contributed by atoms with Gasteiger partial charge in [0, 0.05) is 12.1 Å². The van der Waals surface area contributed by atoms with Crippen LogP contribution in [0.5, 0.6) is 5.75 Å². The molecule has 1 fully saturated rings. The molecule has 0 aliphatic carbocycles. The maximum absolute atomic E-state index is 13.1. The van der Waals surface area contributed by atoms with Crippen molar-refractivity contribution >= 4 is 15.9 Å².